The van der Waals surface area contributed by atoms with E-state index in [0.717, 1.165) is 12.8 Å². The van der Waals surface area contributed by atoms with Gasteiger partial charge in [-0.25, -0.2) is 0 Å². The average Bonchev–Trinajstić information content (AvgIpc) is 2.39. The molecule has 0 aromatic carbocycles. The molecular formula is C12H26O6. The number of rotatable bonds is 15. The van der Waals surface area contributed by atoms with Crippen LogP contribution in [0.3, 0.4) is 0 Å². The van der Waals surface area contributed by atoms with Gasteiger partial charge in [0.1, 0.15) is 0 Å². The summed E-state index contributed by atoms with van der Waals surface area (Å²) < 4.78 is 20.7. The van der Waals surface area contributed by atoms with Gasteiger partial charge in [0.25, 0.3) is 0 Å². The zero-order valence-electron chi connectivity index (χ0n) is 11.0. The maximum Gasteiger partial charge on any atom is 0.0701 e. The van der Waals surface area contributed by atoms with Gasteiger partial charge in [0.15, 0.2) is 0 Å². The highest BCUT2D eigenvalue weighted by atomic mass is 16.5. The van der Waals surface area contributed by atoms with Crippen molar-refractivity contribution in [3.05, 3.63) is 0 Å². The van der Waals surface area contributed by atoms with Crippen LogP contribution < -0.4 is 0 Å². The fourth-order valence-electron chi connectivity index (χ4n) is 1.18. The molecule has 6 nitrogen and oxygen atoms in total. The molecule has 0 saturated carbocycles. The molecule has 0 rings (SSSR count). The SMILES string of the molecule is OCCOCCOCCCCOCCOCCO. The Morgan fingerprint density at radius 2 is 0.778 bits per heavy atom. The standard InChI is InChI=1S/C12H26O6/c13-3-7-17-11-9-15-5-1-2-6-16-10-12-18-8-4-14/h13-14H,1-12H2. The summed E-state index contributed by atoms with van der Waals surface area (Å²) >= 11 is 0. The Morgan fingerprint density at radius 1 is 0.444 bits per heavy atom. The van der Waals surface area contributed by atoms with Gasteiger partial charge in [-0.15, -0.1) is 0 Å². The van der Waals surface area contributed by atoms with Crippen molar-refractivity contribution in [2.75, 3.05) is 66.1 Å². The number of hydrogen-bond donors (Lipinski definition) is 2. The first kappa shape index (κ1) is 17.8. The van der Waals surface area contributed by atoms with Crippen LogP contribution in [0, 0.1) is 0 Å². The van der Waals surface area contributed by atoms with E-state index in [1.54, 1.807) is 0 Å². The molecule has 0 aliphatic carbocycles. The number of unbranched alkanes of at least 4 members (excludes halogenated alkanes) is 1. The van der Waals surface area contributed by atoms with E-state index >= 15 is 0 Å². The molecule has 0 saturated heterocycles. The Balaban J connectivity index is 2.86. The molecule has 18 heavy (non-hydrogen) atoms. The van der Waals surface area contributed by atoms with Crippen molar-refractivity contribution in [1.82, 2.24) is 0 Å². The lowest BCUT2D eigenvalue weighted by Gasteiger charge is -2.06. The van der Waals surface area contributed by atoms with Gasteiger partial charge in [0.05, 0.1) is 52.9 Å². The first-order valence-corrected chi connectivity index (χ1v) is 6.44. The fraction of sp³-hybridized carbons (Fsp3) is 1.00. The molecule has 0 aliphatic rings. The third kappa shape index (κ3) is 15.8. The van der Waals surface area contributed by atoms with Gasteiger partial charge in [-0.3, -0.25) is 0 Å². The highest BCUT2D eigenvalue weighted by molar-refractivity contribution is 4.39. The maximum absolute atomic E-state index is 8.46. The normalized spacial score (nSPS) is 11.0. The largest absolute Gasteiger partial charge is 0.394 e. The van der Waals surface area contributed by atoms with Crippen molar-refractivity contribution in [2.45, 2.75) is 12.8 Å². The molecule has 0 aromatic rings. The van der Waals surface area contributed by atoms with Gasteiger partial charge in [-0.05, 0) is 12.8 Å². The van der Waals surface area contributed by atoms with E-state index in [1.807, 2.05) is 0 Å². The van der Waals surface area contributed by atoms with E-state index in [1.165, 1.54) is 0 Å². The first-order valence-electron chi connectivity index (χ1n) is 6.44. The minimum Gasteiger partial charge on any atom is -0.394 e. The molecule has 110 valence electrons. The van der Waals surface area contributed by atoms with Crippen LogP contribution in [0.4, 0.5) is 0 Å². The van der Waals surface area contributed by atoms with Crippen LogP contribution in [0.5, 0.6) is 0 Å². The molecule has 2 N–H and O–H groups in total. The van der Waals surface area contributed by atoms with Crippen LogP contribution in [-0.4, -0.2) is 76.3 Å². The van der Waals surface area contributed by atoms with Crippen molar-refractivity contribution in [2.24, 2.45) is 0 Å². The predicted octanol–water partition coefficient (Wildman–Crippen LogP) is -0.182. The Morgan fingerprint density at radius 3 is 1.11 bits per heavy atom. The molecule has 0 bridgehead atoms. The first-order chi connectivity index (χ1) is 8.91. The Hall–Kier alpha value is -0.240. The molecule has 0 heterocycles. The van der Waals surface area contributed by atoms with Crippen LogP contribution in [0.2, 0.25) is 0 Å². The average molecular weight is 266 g/mol. The third-order valence-electron chi connectivity index (χ3n) is 2.04. The topological polar surface area (TPSA) is 77.4 Å². The van der Waals surface area contributed by atoms with E-state index in [9.17, 15) is 0 Å². The molecule has 0 unspecified atom stereocenters. The Labute approximate surface area is 109 Å². The lowest BCUT2D eigenvalue weighted by molar-refractivity contribution is 0.0221. The lowest BCUT2D eigenvalue weighted by atomic mass is 10.3. The molecule has 0 aliphatic heterocycles. The summed E-state index contributed by atoms with van der Waals surface area (Å²) in [6, 6.07) is 0. The Kier molecular flexibility index (Phi) is 16.5. The summed E-state index contributed by atoms with van der Waals surface area (Å²) in [5, 5.41) is 16.9. The molecule has 0 fully saturated rings. The third-order valence-corrected chi connectivity index (χ3v) is 2.04. The van der Waals surface area contributed by atoms with Gasteiger partial charge in [-0.2, -0.15) is 0 Å². The van der Waals surface area contributed by atoms with E-state index < -0.39 is 0 Å². The molecule has 0 atom stereocenters. The molecular weight excluding hydrogens is 240 g/mol. The van der Waals surface area contributed by atoms with Crippen molar-refractivity contribution < 1.29 is 29.2 Å². The summed E-state index contributed by atoms with van der Waals surface area (Å²) in [5.41, 5.74) is 0. The van der Waals surface area contributed by atoms with Crippen LogP contribution in [0.25, 0.3) is 0 Å². The molecule has 0 amide bonds. The van der Waals surface area contributed by atoms with Crippen molar-refractivity contribution in [1.29, 1.82) is 0 Å². The zero-order valence-corrected chi connectivity index (χ0v) is 11.0. The summed E-state index contributed by atoms with van der Waals surface area (Å²) in [5.74, 6) is 0. The molecule has 0 aromatic heterocycles. The van der Waals surface area contributed by atoms with Gasteiger partial charge < -0.3 is 29.2 Å². The fourth-order valence-corrected chi connectivity index (χ4v) is 1.18. The number of ether oxygens (including phenoxy) is 4. The van der Waals surface area contributed by atoms with E-state index in [4.69, 9.17) is 29.2 Å². The smallest absolute Gasteiger partial charge is 0.0701 e. The van der Waals surface area contributed by atoms with Gasteiger partial charge in [0, 0.05) is 13.2 Å². The number of aliphatic hydroxyl groups excluding tert-OH is 2. The summed E-state index contributed by atoms with van der Waals surface area (Å²) in [4.78, 5) is 0. The predicted molar refractivity (Wildman–Crippen MR) is 66.7 cm³/mol. The highest BCUT2D eigenvalue weighted by Gasteiger charge is 1.92. The van der Waals surface area contributed by atoms with Crippen LogP contribution in [0.15, 0.2) is 0 Å². The van der Waals surface area contributed by atoms with Crippen molar-refractivity contribution in [3.8, 4) is 0 Å². The minimum atomic E-state index is 0.0549. The van der Waals surface area contributed by atoms with Crippen LogP contribution >= 0.6 is 0 Å². The maximum atomic E-state index is 8.46. The number of aliphatic hydroxyl groups is 2. The van der Waals surface area contributed by atoms with Crippen molar-refractivity contribution in [3.63, 3.8) is 0 Å². The zero-order chi connectivity index (χ0) is 13.3. The van der Waals surface area contributed by atoms with E-state index in [-0.39, 0.29) is 13.2 Å². The second kappa shape index (κ2) is 16.8. The summed E-state index contributed by atoms with van der Waals surface area (Å²) in [6.07, 6.45) is 1.91. The number of hydrogen-bond acceptors (Lipinski definition) is 6. The van der Waals surface area contributed by atoms with Gasteiger partial charge in [-0.1, -0.05) is 0 Å². The molecule has 0 spiro atoms. The monoisotopic (exact) mass is 266 g/mol. The quantitative estimate of drug-likeness (QED) is 0.400. The van der Waals surface area contributed by atoms with Crippen LogP contribution in [0.1, 0.15) is 12.8 Å². The lowest BCUT2D eigenvalue weighted by Crippen LogP contribution is -2.09. The highest BCUT2D eigenvalue weighted by Crippen LogP contribution is 1.92. The molecule has 0 radical (unpaired) electrons. The van der Waals surface area contributed by atoms with Crippen molar-refractivity contribution >= 4 is 0 Å². The van der Waals surface area contributed by atoms with E-state index in [0.29, 0.717) is 52.9 Å². The second-order valence-corrected chi connectivity index (χ2v) is 3.60. The van der Waals surface area contributed by atoms with Crippen LogP contribution in [-0.2, 0) is 18.9 Å². The summed E-state index contributed by atoms with van der Waals surface area (Å²) in [7, 11) is 0. The second-order valence-electron chi connectivity index (χ2n) is 3.60. The Bertz CT molecular complexity index is 129. The molecule has 6 heteroatoms. The van der Waals surface area contributed by atoms with E-state index in [2.05, 4.69) is 0 Å². The van der Waals surface area contributed by atoms with Gasteiger partial charge >= 0.3 is 0 Å². The minimum absolute atomic E-state index is 0.0549. The summed E-state index contributed by atoms with van der Waals surface area (Å²) in [6.45, 7) is 4.44. The van der Waals surface area contributed by atoms with Gasteiger partial charge in [0.2, 0.25) is 0 Å².